The van der Waals surface area contributed by atoms with E-state index in [1.165, 1.54) is 6.33 Å². The third-order valence-electron chi connectivity index (χ3n) is 3.52. The highest BCUT2D eigenvalue weighted by Gasteiger charge is 2.08. The summed E-state index contributed by atoms with van der Waals surface area (Å²) in [5, 5.41) is 6.90. The number of amides is 1. The predicted octanol–water partition coefficient (Wildman–Crippen LogP) is 2.74. The van der Waals surface area contributed by atoms with Gasteiger partial charge in [-0.25, -0.2) is 9.97 Å². The number of rotatable bonds is 6. The topological polar surface area (TPSA) is 76.1 Å². The Morgan fingerprint density at radius 1 is 1.25 bits per heavy atom. The van der Waals surface area contributed by atoms with Crippen LogP contribution in [0.1, 0.15) is 10.4 Å². The summed E-state index contributed by atoms with van der Waals surface area (Å²) in [6.07, 6.45) is 1.51. The summed E-state index contributed by atoms with van der Waals surface area (Å²) in [5.41, 5.74) is 1.02. The third-order valence-corrected chi connectivity index (χ3v) is 4.48. The van der Waals surface area contributed by atoms with Crippen molar-refractivity contribution in [2.45, 2.75) is 13.5 Å². The van der Waals surface area contributed by atoms with Gasteiger partial charge >= 0.3 is 0 Å². The van der Waals surface area contributed by atoms with E-state index < -0.39 is 0 Å². The number of aryl methyl sites for hydroxylation is 1. The van der Waals surface area contributed by atoms with Gasteiger partial charge in [0.2, 0.25) is 5.91 Å². The number of aromatic nitrogens is 2. The van der Waals surface area contributed by atoms with E-state index >= 15 is 0 Å². The SMILES string of the molecule is COc1ccc(CNC(=O)CNc2ncnc3sc(C)cc23)cc1. The van der Waals surface area contributed by atoms with Crippen molar-refractivity contribution in [1.82, 2.24) is 15.3 Å². The molecule has 7 heteroatoms. The monoisotopic (exact) mass is 342 g/mol. The van der Waals surface area contributed by atoms with Gasteiger partial charge in [-0.3, -0.25) is 4.79 Å². The van der Waals surface area contributed by atoms with Gasteiger partial charge in [-0.05, 0) is 30.7 Å². The van der Waals surface area contributed by atoms with Crippen LogP contribution in [0.5, 0.6) is 5.75 Å². The second-order valence-corrected chi connectivity index (χ2v) is 6.51. The number of anilines is 1. The Hall–Kier alpha value is -2.67. The number of thiophene rings is 1. The molecule has 24 heavy (non-hydrogen) atoms. The fourth-order valence-corrected chi connectivity index (χ4v) is 3.13. The minimum Gasteiger partial charge on any atom is -0.497 e. The first-order chi connectivity index (χ1) is 11.7. The number of ether oxygens (including phenoxy) is 1. The zero-order valence-electron chi connectivity index (χ0n) is 13.5. The van der Waals surface area contributed by atoms with E-state index in [-0.39, 0.29) is 12.5 Å². The Morgan fingerprint density at radius 3 is 2.79 bits per heavy atom. The summed E-state index contributed by atoms with van der Waals surface area (Å²) in [6, 6.07) is 9.62. The van der Waals surface area contributed by atoms with Crippen LogP contribution in [0.15, 0.2) is 36.7 Å². The number of fused-ring (bicyclic) bond motifs is 1. The van der Waals surface area contributed by atoms with Crippen LogP contribution in [0.3, 0.4) is 0 Å². The van der Waals surface area contributed by atoms with Crippen LogP contribution in [-0.4, -0.2) is 29.5 Å². The number of nitrogens with one attached hydrogen (secondary N) is 2. The quantitative estimate of drug-likeness (QED) is 0.720. The van der Waals surface area contributed by atoms with Crippen LogP contribution in [0, 0.1) is 6.92 Å². The summed E-state index contributed by atoms with van der Waals surface area (Å²) < 4.78 is 5.11. The van der Waals surface area contributed by atoms with Crippen LogP contribution in [0.25, 0.3) is 10.2 Å². The molecule has 3 aromatic rings. The molecule has 0 saturated heterocycles. The van der Waals surface area contributed by atoms with Gasteiger partial charge in [0.15, 0.2) is 0 Å². The lowest BCUT2D eigenvalue weighted by molar-refractivity contribution is -0.119. The van der Waals surface area contributed by atoms with Crippen LogP contribution in [-0.2, 0) is 11.3 Å². The van der Waals surface area contributed by atoms with E-state index in [0.717, 1.165) is 26.4 Å². The normalized spacial score (nSPS) is 10.6. The van der Waals surface area contributed by atoms with Crippen molar-refractivity contribution in [3.05, 3.63) is 47.1 Å². The molecule has 0 radical (unpaired) electrons. The summed E-state index contributed by atoms with van der Waals surface area (Å²) >= 11 is 1.61. The highest BCUT2D eigenvalue weighted by Crippen LogP contribution is 2.27. The first-order valence-electron chi connectivity index (χ1n) is 7.50. The lowest BCUT2D eigenvalue weighted by Crippen LogP contribution is -2.29. The van der Waals surface area contributed by atoms with Gasteiger partial charge < -0.3 is 15.4 Å². The molecular weight excluding hydrogens is 324 g/mol. The highest BCUT2D eigenvalue weighted by atomic mass is 32.1. The molecule has 0 aliphatic heterocycles. The molecule has 0 fully saturated rings. The second-order valence-electron chi connectivity index (χ2n) is 5.28. The highest BCUT2D eigenvalue weighted by molar-refractivity contribution is 7.18. The maximum Gasteiger partial charge on any atom is 0.239 e. The number of hydrogen-bond donors (Lipinski definition) is 2. The van der Waals surface area contributed by atoms with E-state index in [2.05, 4.69) is 20.6 Å². The van der Waals surface area contributed by atoms with Crippen molar-refractivity contribution in [2.75, 3.05) is 19.0 Å². The summed E-state index contributed by atoms with van der Waals surface area (Å²) in [6.45, 7) is 2.66. The second kappa shape index (κ2) is 7.27. The van der Waals surface area contributed by atoms with Crippen molar-refractivity contribution in [2.24, 2.45) is 0 Å². The molecule has 2 heterocycles. The zero-order valence-corrected chi connectivity index (χ0v) is 14.3. The maximum absolute atomic E-state index is 12.0. The minimum absolute atomic E-state index is 0.0930. The number of carbonyl (C=O) groups is 1. The van der Waals surface area contributed by atoms with Crippen molar-refractivity contribution in [1.29, 1.82) is 0 Å². The molecule has 2 N–H and O–H groups in total. The Labute approximate surface area is 143 Å². The molecule has 1 amide bonds. The third kappa shape index (κ3) is 3.80. The molecular formula is C17H18N4O2S. The first-order valence-corrected chi connectivity index (χ1v) is 8.32. The van der Waals surface area contributed by atoms with Crippen molar-refractivity contribution in [3.8, 4) is 5.75 Å². The average Bonchev–Trinajstić information content (AvgIpc) is 2.99. The molecule has 0 aliphatic carbocycles. The Morgan fingerprint density at radius 2 is 2.04 bits per heavy atom. The summed E-state index contributed by atoms with van der Waals surface area (Å²) in [4.78, 5) is 22.6. The number of carbonyl (C=O) groups excluding carboxylic acids is 1. The standard InChI is InChI=1S/C17H18N4O2S/c1-11-7-14-16(20-10-21-17(14)24-11)19-9-15(22)18-8-12-3-5-13(23-2)6-4-12/h3-7,10H,8-9H2,1-2H3,(H,18,22)(H,19,20,21). The van der Waals surface area contributed by atoms with Gasteiger partial charge in [0, 0.05) is 11.4 Å². The fraction of sp³-hybridized carbons (Fsp3) is 0.235. The lowest BCUT2D eigenvalue weighted by Gasteiger charge is -2.08. The van der Waals surface area contributed by atoms with E-state index in [1.54, 1.807) is 18.4 Å². The van der Waals surface area contributed by atoms with Gasteiger partial charge in [-0.2, -0.15) is 0 Å². The molecule has 0 spiro atoms. The van der Waals surface area contributed by atoms with Crippen molar-refractivity contribution in [3.63, 3.8) is 0 Å². The lowest BCUT2D eigenvalue weighted by atomic mass is 10.2. The number of hydrogen-bond acceptors (Lipinski definition) is 6. The fourth-order valence-electron chi connectivity index (χ4n) is 2.29. The molecule has 0 bridgehead atoms. The zero-order chi connectivity index (χ0) is 16.9. The average molecular weight is 342 g/mol. The number of benzene rings is 1. The van der Waals surface area contributed by atoms with Crippen LogP contribution in [0.2, 0.25) is 0 Å². The van der Waals surface area contributed by atoms with Crippen molar-refractivity contribution >= 4 is 33.3 Å². The van der Waals surface area contributed by atoms with Crippen LogP contribution in [0.4, 0.5) is 5.82 Å². The Kier molecular flexibility index (Phi) is 4.90. The molecule has 1 aromatic carbocycles. The first kappa shape index (κ1) is 16.2. The Bertz CT molecular complexity index is 845. The molecule has 0 aliphatic rings. The van der Waals surface area contributed by atoms with Gasteiger partial charge in [-0.1, -0.05) is 12.1 Å². The molecule has 3 rings (SSSR count). The molecule has 0 atom stereocenters. The van der Waals surface area contributed by atoms with E-state index in [4.69, 9.17) is 4.74 Å². The molecule has 6 nitrogen and oxygen atoms in total. The Balaban J connectivity index is 1.54. The number of methoxy groups -OCH3 is 1. The predicted molar refractivity (Wildman–Crippen MR) is 95.5 cm³/mol. The minimum atomic E-state index is -0.0930. The largest absolute Gasteiger partial charge is 0.497 e. The molecule has 0 unspecified atom stereocenters. The van der Waals surface area contributed by atoms with Crippen molar-refractivity contribution < 1.29 is 9.53 Å². The van der Waals surface area contributed by atoms with Crippen LogP contribution >= 0.6 is 11.3 Å². The van der Waals surface area contributed by atoms with Crippen LogP contribution < -0.4 is 15.4 Å². The molecule has 0 saturated carbocycles. The molecule has 2 aromatic heterocycles. The van der Waals surface area contributed by atoms with E-state index in [0.29, 0.717) is 12.4 Å². The smallest absolute Gasteiger partial charge is 0.239 e. The van der Waals surface area contributed by atoms with Gasteiger partial charge in [0.05, 0.1) is 19.0 Å². The number of nitrogens with zero attached hydrogens (tertiary/aromatic N) is 2. The maximum atomic E-state index is 12.0. The summed E-state index contributed by atoms with van der Waals surface area (Å²) in [7, 11) is 1.63. The van der Waals surface area contributed by atoms with E-state index in [9.17, 15) is 4.79 Å². The van der Waals surface area contributed by atoms with Gasteiger partial charge in [0.1, 0.15) is 22.7 Å². The van der Waals surface area contributed by atoms with E-state index in [1.807, 2.05) is 37.3 Å². The van der Waals surface area contributed by atoms with Gasteiger partial charge in [0.25, 0.3) is 0 Å². The molecule has 124 valence electrons. The summed E-state index contributed by atoms with van der Waals surface area (Å²) in [5.74, 6) is 1.39. The van der Waals surface area contributed by atoms with Gasteiger partial charge in [-0.15, -0.1) is 11.3 Å².